The molecule has 162 valence electrons. The number of benzene rings is 3. The van der Waals surface area contributed by atoms with Crippen LogP contribution >= 0.6 is 11.6 Å². The van der Waals surface area contributed by atoms with Gasteiger partial charge in [0, 0.05) is 16.1 Å². The van der Waals surface area contributed by atoms with E-state index in [-0.39, 0.29) is 11.1 Å². The van der Waals surface area contributed by atoms with Crippen LogP contribution in [0.5, 0.6) is 5.75 Å². The molecule has 0 saturated heterocycles. The van der Waals surface area contributed by atoms with Gasteiger partial charge in [-0.05, 0) is 52.9 Å². The van der Waals surface area contributed by atoms with E-state index in [1.165, 1.54) is 5.56 Å². The average Bonchev–Trinajstić information content (AvgIpc) is 3.13. The number of hydrogen-bond acceptors (Lipinski definition) is 4. The molecule has 0 aliphatic carbocycles. The van der Waals surface area contributed by atoms with Crippen molar-refractivity contribution in [3.05, 3.63) is 106 Å². The summed E-state index contributed by atoms with van der Waals surface area (Å²) in [4.78, 5) is 16.8. The molecule has 0 aromatic heterocycles. The molecular formula is C27H24ClNO3. The standard InChI is InChI=1S/C27H24ClNO3/c1-27(2,3)21-13-11-19(12-14-21)25-29-24(26(30)32-25)16-18-7-6-9-22(15-18)31-17-20-8-4-5-10-23(20)28/h4-16H,17H2,1-3H3/b24-16+. The Morgan fingerprint density at radius 3 is 2.47 bits per heavy atom. The summed E-state index contributed by atoms with van der Waals surface area (Å²) in [6, 6.07) is 22.9. The number of nitrogens with zero attached hydrogens (tertiary/aromatic N) is 1. The van der Waals surface area contributed by atoms with Gasteiger partial charge in [0.1, 0.15) is 12.4 Å². The second-order valence-corrected chi connectivity index (χ2v) is 9.02. The summed E-state index contributed by atoms with van der Waals surface area (Å²) in [6.07, 6.45) is 1.70. The highest BCUT2D eigenvalue weighted by Gasteiger charge is 2.24. The molecule has 1 heterocycles. The van der Waals surface area contributed by atoms with Crippen LogP contribution in [-0.2, 0) is 21.6 Å². The molecule has 4 nitrogen and oxygen atoms in total. The van der Waals surface area contributed by atoms with Crippen LogP contribution in [0, 0.1) is 0 Å². The highest BCUT2D eigenvalue weighted by atomic mass is 35.5. The summed E-state index contributed by atoms with van der Waals surface area (Å²) in [6.45, 7) is 6.82. The highest BCUT2D eigenvalue weighted by molar-refractivity contribution is 6.31. The second-order valence-electron chi connectivity index (χ2n) is 8.62. The van der Waals surface area contributed by atoms with Crippen LogP contribution in [0.25, 0.3) is 6.08 Å². The van der Waals surface area contributed by atoms with Crippen molar-refractivity contribution in [1.29, 1.82) is 0 Å². The zero-order valence-electron chi connectivity index (χ0n) is 18.3. The highest BCUT2D eigenvalue weighted by Crippen LogP contribution is 2.25. The van der Waals surface area contributed by atoms with Gasteiger partial charge in [0.2, 0.25) is 5.90 Å². The molecule has 1 aliphatic rings. The van der Waals surface area contributed by atoms with Gasteiger partial charge in [0.25, 0.3) is 0 Å². The SMILES string of the molecule is CC(C)(C)c1ccc(C2=N/C(=C/c3cccc(OCc4ccccc4Cl)c3)C(=O)O2)cc1. The minimum atomic E-state index is -0.470. The Morgan fingerprint density at radius 2 is 1.75 bits per heavy atom. The molecule has 0 amide bonds. The Morgan fingerprint density at radius 1 is 1.00 bits per heavy atom. The molecule has 5 heteroatoms. The fraction of sp³-hybridized carbons (Fsp3) is 0.185. The maximum absolute atomic E-state index is 12.4. The van der Waals surface area contributed by atoms with E-state index in [4.69, 9.17) is 21.1 Å². The Balaban J connectivity index is 1.51. The minimum Gasteiger partial charge on any atom is -0.489 e. The molecule has 0 spiro atoms. The van der Waals surface area contributed by atoms with E-state index in [2.05, 4.69) is 25.8 Å². The van der Waals surface area contributed by atoms with Crippen LogP contribution in [-0.4, -0.2) is 11.9 Å². The van der Waals surface area contributed by atoms with Crippen LogP contribution in [0.4, 0.5) is 0 Å². The lowest BCUT2D eigenvalue weighted by Crippen LogP contribution is -2.11. The number of halogens is 1. The van der Waals surface area contributed by atoms with E-state index in [0.29, 0.717) is 23.3 Å². The molecule has 0 saturated carbocycles. The van der Waals surface area contributed by atoms with Crippen molar-refractivity contribution in [3.8, 4) is 5.75 Å². The average molecular weight is 446 g/mol. The van der Waals surface area contributed by atoms with E-state index in [1.807, 2.05) is 72.8 Å². The summed E-state index contributed by atoms with van der Waals surface area (Å²) >= 11 is 6.19. The molecule has 0 N–H and O–H groups in total. The maximum Gasteiger partial charge on any atom is 0.363 e. The first kappa shape index (κ1) is 21.8. The third-order valence-electron chi connectivity index (χ3n) is 5.13. The topological polar surface area (TPSA) is 47.9 Å². The van der Waals surface area contributed by atoms with Gasteiger partial charge < -0.3 is 9.47 Å². The molecule has 0 radical (unpaired) electrons. The van der Waals surface area contributed by atoms with Crippen LogP contribution in [0.1, 0.15) is 43.0 Å². The number of carbonyl (C=O) groups excluding carboxylic acids is 1. The van der Waals surface area contributed by atoms with Crippen molar-refractivity contribution < 1.29 is 14.3 Å². The second kappa shape index (κ2) is 9.01. The number of aliphatic imine (C=N–C) groups is 1. The zero-order valence-corrected chi connectivity index (χ0v) is 19.0. The predicted molar refractivity (Wildman–Crippen MR) is 128 cm³/mol. The van der Waals surface area contributed by atoms with Crippen molar-refractivity contribution in [2.24, 2.45) is 4.99 Å². The summed E-state index contributed by atoms with van der Waals surface area (Å²) in [5.41, 5.74) is 3.98. The number of rotatable bonds is 5. The van der Waals surface area contributed by atoms with Crippen LogP contribution in [0.3, 0.4) is 0 Å². The number of hydrogen-bond donors (Lipinski definition) is 0. The molecular weight excluding hydrogens is 422 g/mol. The number of ether oxygens (including phenoxy) is 2. The maximum atomic E-state index is 12.4. The molecule has 0 unspecified atom stereocenters. The first-order valence-corrected chi connectivity index (χ1v) is 10.8. The van der Waals surface area contributed by atoms with Gasteiger partial charge >= 0.3 is 5.97 Å². The zero-order chi connectivity index (χ0) is 22.7. The first-order valence-electron chi connectivity index (χ1n) is 10.4. The summed E-state index contributed by atoms with van der Waals surface area (Å²) in [5.74, 6) is 0.516. The quantitative estimate of drug-likeness (QED) is 0.330. The van der Waals surface area contributed by atoms with Gasteiger partial charge in [-0.1, -0.05) is 74.8 Å². The van der Waals surface area contributed by atoms with E-state index in [0.717, 1.165) is 16.7 Å². The molecule has 3 aromatic carbocycles. The Hall–Kier alpha value is -3.37. The van der Waals surface area contributed by atoms with Crippen molar-refractivity contribution in [2.45, 2.75) is 32.8 Å². The third kappa shape index (κ3) is 5.09. The molecule has 0 bridgehead atoms. The Bertz CT molecular complexity index is 1200. The lowest BCUT2D eigenvalue weighted by atomic mass is 9.87. The van der Waals surface area contributed by atoms with E-state index in [9.17, 15) is 4.79 Å². The van der Waals surface area contributed by atoms with E-state index >= 15 is 0 Å². The molecule has 0 fully saturated rings. The van der Waals surface area contributed by atoms with Crippen molar-refractivity contribution in [3.63, 3.8) is 0 Å². The molecule has 3 aromatic rings. The van der Waals surface area contributed by atoms with Gasteiger partial charge in [-0.15, -0.1) is 0 Å². The van der Waals surface area contributed by atoms with Crippen LogP contribution in [0.2, 0.25) is 5.02 Å². The summed E-state index contributed by atoms with van der Waals surface area (Å²) in [7, 11) is 0. The molecule has 32 heavy (non-hydrogen) atoms. The Labute approximate surface area is 193 Å². The van der Waals surface area contributed by atoms with E-state index < -0.39 is 5.97 Å². The van der Waals surface area contributed by atoms with Crippen LogP contribution in [0.15, 0.2) is 83.5 Å². The van der Waals surface area contributed by atoms with Crippen molar-refractivity contribution in [1.82, 2.24) is 0 Å². The lowest BCUT2D eigenvalue weighted by Gasteiger charge is -2.18. The largest absolute Gasteiger partial charge is 0.489 e. The number of cyclic esters (lactones) is 1. The van der Waals surface area contributed by atoms with Gasteiger partial charge in [0.05, 0.1) is 0 Å². The fourth-order valence-corrected chi connectivity index (χ4v) is 3.46. The predicted octanol–water partition coefficient (Wildman–Crippen LogP) is 6.56. The summed E-state index contributed by atoms with van der Waals surface area (Å²) in [5, 5.41) is 0.664. The third-order valence-corrected chi connectivity index (χ3v) is 5.50. The minimum absolute atomic E-state index is 0.0523. The van der Waals surface area contributed by atoms with Crippen molar-refractivity contribution >= 4 is 29.5 Å². The lowest BCUT2D eigenvalue weighted by molar-refractivity contribution is -0.129. The van der Waals surface area contributed by atoms with Gasteiger partial charge in [-0.3, -0.25) is 0 Å². The first-order chi connectivity index (χ1) is 15.3. The smallest absolute Gasteiger partial charge is 0.363 e. The summed E-state index contributed by atoms with van der Waals surface area (Å²) < 4.78 is 11.3. The molecule has 1 aliphatic heterocycles. The number of carbonyl (C=O) groups is 1. The van der Waals surface area contributed by atoms with Gasteiger partial charge in [0.15, 0.2) is 5.70 Å². The fourth-order valence-electron chi connectivity index (χ4n) is 3.27. The molecule has 0 atom stereocenters. The van der Waals surface area contributed by atoms with Crippen molar-refractivity contribution in [2.75, 3.05) is 0 Å². The number of esters is 1. The Kier molecular flexibility index (Phi) is 6.15. The monoisotopic (exact) mass is 445 g/mol. The molecule has 4 rings (SSSR count). The van der Waals surface area contributed by atoms with Crippen LogP contribution < -0.4 is 4.74 Å². The van der Waals surface area contributed by atoms with E-state index in [1.54, 1.807) is 6.08 Å². The van der Waals surface area contributed by atoms with Gasteiger partial charge in [-0.2, -0.15) is 0 Å². The normalized spacial score (nSPS) is 14.9. The van der Waals surface area contributed by atoms with Gasteiger partial charge in [-0.25, -0.2) is 9.79 Å².